The third kappa shape index (κ3) is 1.87. The quantitative estimate of drug-likeness (QED) is 0.748. The normalized spacial score (nSPS) is 23.8. The van der Waals surface area contributed by atoms with Gasteiger partial charge in [0.2, 0.25) is 0 Å². The van der Waals surface area contributed by atoms with E-state index in [9.17, 15) is 0 Å². The van der Waals surface area contributed by atoms with Crippen LogP contribution in [0.2, 0.25) is 0 Å². The van der Waals surface area contributed by atoms with E-state index in [1.165, 1.54) is 29.5 Å². The van der Waals surface area contributed by atoms with E-state index >= 15 is 0 Å². The van der Waals surface area contributed by atoms with Gasteiger partial charge in [0.15, 0.2) is 0 Å². The Labute approximate surface area is 109 Å². The van der Waals surface area contributed by atoms with Crippen LogP contribution in [0.1, 0.15) is 42.4 Å². The number of hydrogen-bond acceptors (Lipinski definition) is 3. The van der Waals surface area contributed by atoms with Crippen LogP contribution in [0.15, 0.2) is 6.07 Å². The summed E-state index contributed by atoms with van der Waals surface area (Å²) in [5.41, 5.74) is 11.1. The minimum atomic E-state index is 0.268. The molecular weight excluding hydrogens is 224 g/mol. The van der Waals surface area contributed by atoms with Crippen molar-refractivity contribution in [3.05, 3.63) is 22.8 Å². The number of nitrogen functional groups attached to an aromatic ring is 1. The van der Waals surface area contributed by atoms with Crippen LogP contribution in [0.3, 0.4) is 0 Å². The summed E-state index contributed by atoms with van der Waals surface area (Å²) in [5.74, 6) is 1.64. The molecule has 0 amide bonds. The van der Waals surface area contributed by atoms with Crippen LogP contribution in [-0.2, 0) is 6.42 Å². The molecule has 98 valence electrons. The second-order valence-corrected chi connectivity index (χ2v) is 5.66. The van der Waals surface area contributed by atoms with Gasteiger partial charge in [-0.25, -0.2) is 0 Å². The fraction of sp³-hybridized carbons (Fsp3) is 0.600. The number of nitrogens with two attached hydrogens (primary N) is 1. The standard InChI is InChI=1S/C15H22N2O/c1-9-7-13(16)15-12(8-10(2)18-15)14(9)11-3-5-17-6-4-11/h7,10-11,17H,3-6,8,16H2,1-2H3/t10-/m0/s1. The molecule has 3 rings (SSSR count). The highest BCUT2D eigenvalue weighted by molar-refractivity contribution is 5.64. The molecule has 0 aliphatic carbocycles. The van der Waals surface area contributed by atoms with Gasteiger partial charge in [-0.3, -0.25) is 0 Å². The fourth-order valence-electron chi connectivity index (χ4n) is 3.46. The maximum absolute atomic E-state index is 6.10. The minimum Gasteiger partial charge on any atom is -0.488 e. The van der Waals surface area contributed by atoms with Crippen molar-refractivity contribution in [3.8, 4) is 5.75 Å². The second-order valence-electron chi connectivity index (χ2n) is 5.66. The molecule has 1 saturated heterocycles. The molecule has 0 spiro atoms. The van der Waals surface area contributed by atoms with Crippen molar-refractivity contribution < 1.29 is 4.74 Å². The Morgan fingerprint density at radius 2 is 2.06 bits per heavy atom. The SMILES string of the molecule is Cc1cc(N)c2c(c1C1CCNCC1)C[C@H](C)O2. The Kier molecular flexibility index (Phi) is 2.94. The number of rotatable bonds is 1. The van der Waals surface area contributed by atoms with E-state index < -0.39 is 0 Å². The molecule has 1 aromatic carbocycles. The van der Waals surface area contributed by atoms with Gasteiger partial charge in [-0.2, -0.15) is 0 Å². The van der Waals surface area contributed by atoms with Crippen molar-refractivity contribution in [1.82, 2.24) is 5.32 Å². The topological polar surface area (TPSA) is 47.3 Å². The van der Waals surface area contributed by atoms with Gasteiger partial charge >= 0.3 is 0 Å². The number of nitrogens with one attached hydrogen (secondary N) is 1. The summed E-state index contributed by atoms with van der Waals surface area (Å²) in [7, 11) is 0. The molecule has 1 fully saturated rings. The molecular formula is C15H22N2O. The van der Waals surface area contributed by atoms with Crippen molar-refractivity contribution >= 4 is 5.69 Å². The zero-order valence-electron chi connectivity index (χ0n) is 11.3. The van der Waals surface area contributed by atoms with Crippen LogP contribution in [0, 0.1) is 6.92 Å². The van der Waals surface area contributed by atoms with E-state index in [2.05, 4.69) is 25.2 Å². The summed E-state index contributed by atoms with van der Waals surface area (Å²) in [6, 6.07) is 2.09. The van der Waals surface area contributed by atoms with Crippen LogP contribution in [0.5, 0.6) is 5.75 Å². The number of anilines is 1. The van der Waals surface area contributed by atoms with Gasteiger partial charge in [0.1, 0.15) is 11.9 Å². The molecule has 2 aliphatic heterocycles. The van der Waals surface area contributed by atoms with Crippen LogP contribution >= 0.6 is 0 Å². The van der Waals surface area contributed by atoms with Crippen molar-refractivity contribution in [2.45, 2.75) is 45.1 Å². The summed E-state index contributed by atoms with van der Waals surface area (Å²) in [6.07, 6.45) is 3.74. The molecule has 2 heterocycles. The Bertz CT molecular complexity index is 464. The first-order chi connectivity index (χ1) is 8.66. The molecule has 1 atom stereocenters. The third-order valence-electron chi connectivity index (χ3n) is 4.22. The summed E-state index contributed by atoms with van der Waals surface area (Å²) < 4.78 is 5.88. The third-order valence-corrected chi connectivity index (χ3v) is 4.22. The molecule has 18 heavy (non-hydrogen) atoms. The van der Waals surface area contributed by atoms with Crippen LogP contribution in [0.4, 0.5) is 5.69 Å². The van der Waals surface area contributed by atoms with Crippen molar-refractivity contribution in [3.63, 3.8) is 0 Å². The molecule has 3 N–H and O–H groups in total. The van der Waals surface area contributed by atoms with Crippen molar-refractivity contribution in [2.24, 2.45) is 0 Å². The minimum absolute atomic E-state index is 0.268. The largest absolute Gasteiger partial charge is 0.488 e. The predicted molar refractivity (Wildman–Crippen MR) is 74.2 cm³/mol. The van der Waals surface area contributed by atoms with Gasteiger partial charge in [-0.1, -0.05) is 0 Å². The second kappa shape index (κ2) is 4.47. The summed E-state index contributed by atoms with van der Waals surface area (Å²) in [6.45, 7) is 6.57. The maximum atomic E-state index is 6.10. The van der Waals surface area contributed by atoms with E-state index in [0.29, 0.717) is 5.92 Å². The highest BCUT2D eigenvalue weighted by Crippen LogP contribution is 2.43. The van der Waals surface area contributed by atoms with Crippen LogP contribution < -0.4 is 15.8 Å². The van der Waals surface area contributed by atoms with Gasteiger partial charge in [0.05, 0.1) is 5.69 Å². The number of fused-ring (bicyclic) bond motifs is 1. The first-order valence-corrected chi connectivity index (χ1v) is 6.96. The number of hydrogen-bond donors (Lipinski definition) is 2. The summed E-state index contributed by atoms with van der Waals surface area (Å²) >= 11 is 0. The Balaban J connectivity index is 2.06. The first kappa shape index (κ1) is 11.8. The van der Waals surface area contributed by atoms with Gasteiger partial charge in [0, 0.05) is 12.0 Å². The molecule has 0 unspecified atom stereocenters. The average Bonchev–Trinajstić information content (AvgIpc) is 2.72. The summed E-state index contributed by atoms with van der Waals surface area (Å²) in [5, 5.41) is 3.44. The lowest BCUT2D eigenvalue weighted by Gasteiger charge is -2.26. The average molecular weight is 246 g/mol. The molecule has 0 aromatic heterocycles. The lowest BCUT2D eigenvalue weighted by molar-refractivity contribution is 0.256. The fourth-order valence-corrected chi connectivity index (χ4v) is 3.46. The zero-order chi connectivity index (χ0) is 12.7. The lowest BCUT2D eigenvalue weighted by atomic mass is 9.83. The highest BCUT2D eigenvalue weighted by Gasteiger charge is 2.29. The van der Waals surface area contributed by atoms with Crippen molar-refractivity contribution in [2.75, 3.05) is 18.8 Å². The highest BCUT2D eigenvalue weighted by atomic mass is 16.5. The molecule has 0 saturated carbocycles. The van der Waals surface area contributed by atoms with E-state index in [4.69, 9.17) is 10.5 Å². The number of piperidine rings is 1. The molecule has 1 aromatic rings. The van der Waals surface area contributed by atoms with Gasteiger partial charge in [0.25, 0.3) is 0 Å². The monoisotopic (exact) mass is 246 g/mol. The van der Waals surface area contributed by atoms with E-state index in [0.717, 1.165) is 30.9 Å². The first-order valence-electron chi connectivity index (χ1n) is 6.96. The number of ether oxygens (including phenoxy) is 1. The predicted octanol–water partition coefficient (Wildman–Crippen LogP) is 2.37. The zero-order valence-corrected chi connectivity index (χ0v) is 11.3. The lowest BCUT2D eigenvalue weighted by Crippen LogP contribution is -2.27. The molecule has 3 heteroatoms. The number of benzene rings is 1. The van der Waals surface area contributed by atoms with Crippen LogP contribution in [0.25, 0.3) is 0 Å². The molecule has 2 aliphatic rings. The molecule has 3 nitrogen and oxygen atoms in total. The molecule has 0 radical (unpaired) electrons. The van der Waals surface area contributed by atoms with Crippen LogP contribution in [-0.4, -0.2) is 19.2 Å². The Hall–Kier alpha value is -1.22. The Morgan fingerprint density at radius 3 is 2.78 bits per heavy atom. The summed E-state index contributed by atoms with van der Waals surface area (Å²) in [4.78, 5) is 0. The number of aryl methyl sites for hydroxylation is 1. The smallest absolute Gasteiger partial charge is 0.146 e. The Morgan fingerprint density at radius 1 is 1.33 bits per heavy atom. The van der Waals surface area contributed by atoms with Gasteiger partial charge < -0.3 is 15.8 Å². The van der Waals surface area contributed by atoms with Gasteiger partial charge in [-0.05, 0) is 62.9 Å². The van der Waals surface area contributed by atoms with E-state index in [-0.39, 0.29) is 6.10 Å². The van der Waals surface area contributed by atoms with E-state index in [1.54, 1.807) is 0 Å². The van der Waals surface area contributed by atoms with E-state index in [1.807, 2.05) is 0 Å². The maximum Gasteiger partial charge on any atom is 0.146 e. The van der Waals surface area contributed by atoms with Gasteiger partial charge in [-0.15, -0.1) is 0 Å². The van der Waals surface area contributed by atoms with Crippen molar-refractivity contribution in [1.29, 1.82) is 0 Å². The molecule has 0 bridgehead atoms.